The fourth-order valence-corrected chi connectivity index (χ4v) is 3.34. The largest absolute Gasteiger partial charge is 0.372 e. The molecule has 27 heavy (non-hydrogen) atoms. The van der Waals surface area contributed by atoms with E-state index in [1.54, 1.807) is 0 Å². The van der Waals surface area contributed by atoms with Gasteiger partial charge in [0.2, 0.25) is 0 Å². The average Bonchev–Trinajstić information content (AvgIpc) is 2.68. The molecule has 0 saturated carbocycles. The standard InChI is InChI=1S/C22H25N3O2/c1-16-14-25(15-17(2)27-16)22(26)21-9-7-20(8-10-21)13-24-12-19-5-3-18(11-23)4-6-19/h3-10,16-17,24H,12-15H2,1-2H3/t16-,17-/m1/s1. The van der Waals surface area contributed by atoms with Crippen LogP contribution < -0.4 is 5.32 Å². The van der Waals surface area contributed by atoms with Gasteiger partial charge in [0.25, 0.3) is 5.91 Å². The summed E-state index contributed by atoms with van der Waals surface area (Å²) in [5.41, 5.74) is 3.65. The molecule has 5 heteroatoms. The number of hydrogen-bond acceptors (Lipinski definition) is 4. The fourth-order valence-electron chi connectivity index (χ4n) is 3.34. The first-order valence-corrected chi connectivity index (χ1v) is 9.28. The number of nitrogens with one attached hydrogen (secondary N) is 1. The van der Waals surface area contributed by atoms with Crippen LogP contribution in [-0.4, -0.2) is 36.1 Å². The molecule has 2 aromatic rings. The van der Waals surface area contributed by atoms with Crippen molar-refractivity contribution in [2.45, 2.75) is 39.1 Å². The topological polar surface area (TPSA) is 65.4 Å². The summed E-state index contributed by atoms with van der Waals surface area (Å²) in [5.74, 6) is 0.0640. The average molecular weight is 363 g/mol. The van der Waals surface area contributed by atoms with Crippen molar-refractivity contribution >= 4 is 5.91 Å². The highest BCUT2D eigenvalue weighted by Crippen LogP contribution is 2.15. The summed E-state index contributed by atoms with van der Waals surface area (Å²) in [6.45, 7) is 6.72. The zero-order chi connectivity index (χ0) is 19.2. The van der Waals surface area contributed by atoms with Crippen molar-refractivity contribution in [2.24, 2.45) is 0 Å². The van der Waals surface area contributed by atoms with Crippen LogP contribution >= 0.6 is 0 Å². The molecule has 1 aliphatic heterocycles. The highest BCUT2D eigenvalue weighted by molar-refractivity contribution is 5.94. The molecule has 0 spiro atoms. The van der Waals surface area contributed by atoms with E-state index in [0.29, 0.717) is 24.2 Å². The van der Waals surface area contributed by atoms with E-state index in [9.17, 15) is 4.79 Å². The smallest absolute Gasteiger partial charge is 0.254 e. The quantitative estimate of drug-likeness (QED) is 0.886. The lowest BCUT2D eigenvalue weighted by Gasteiger charge is -2.35. The first kappa shape index (κ1) is 19.1. The van der Waals surface area contributed by atoms with Crippen LogP contribution in [0.3, 0.4) is 0 Å². The third-order valence-electron chi connectivity index (χ3n) is 4.65. The molecule has 0 aliphatic carbocycles. The van der Waals surface area contributed by atoms with Crippen LogP contribution in [0.5, 0.6) is 0 Å². The van der Waals surface area contributed by atoms with E-state index >= 15 is 0 Å². The Kier molecular flexibility index (Phi) is 6.23. The van der Waals surface area contributed by atoms with Gasteiger partial charge in [0.15, 0.2) is 0 Å². The monoisotopic (exact) mass is 363 g/mol. The Morgan fingerprint density at radius 3 is 2.07 bits per heavy atom. The number of amides is 1. The number of nitrogens with zero attached hydrogens (tertiary/aromatic N) is 2. The molecule has 3 rings (SSSR count). The van der Waals surface area contributed by atoms with Gasteiger partial charge in [-0.15, -0.1) is 0 Å². The Labute approximate surface area is 160 Å². The summed E-state index contributed by atoms with van der Waals surface area (Å²) in [6, 6.07) is 17.5. The summed E-state index contributed by atoms with van der Waals surface area (Å²) < 4.78 is 5.70. The lowest BCUT2D eigenvalue weighted by Crippen LogP contribution is -2.48. The number of nitriles is 1. The lowest BCUT2D eigenvalue weighted by molar-refractivity contribution is -0.0586. The highest BCUT2D eigenvalue weighted by atomic mass is 16.5. The maximum atomic E-state index is 12.7. The van der Waals surface area contributed by atoms with Crippen LogP contribution in [0.4, 0.5) is 0 Å². The number of carbonyl (C=O) groups is 1. The molecular formula is C22H25N3O2. The van der Waals surface area contributed by atoms with Gasteiger partial charge in [-0.3, -0.25) is 4.79 Å². The first-order valence-electron chi connectivity index (χ1n) is 9.28. The van der Waals surface area contributed by atoms with Crippen molar-refractivity contribution in [3.05, 3.63) is 70.8 Å². The minimum Gasteiger partial charge on any atom is -0.372 e. The van der Waals surface area contributed by atoms with Gasteiger partial charge in [-0.2, -0.15) is 5.26 Å². The Morgan fingerprint density at radius 2 is 1.56 bits per heavy atom. The van der Waals surface area contributed by atoms with Gasteiger partial charge in [-0.25, -0.2) is 0 Å². The molecule has 2 atom stereocenters. The number of hydrogen-bond donors (Lipinski definition) is 1. The maximum Gasteiger partial charge on any atom is 0.254 e. The molecule has 0 bridgehead atoms. The molecule has 1 amide bonds. The van der Waals surface area contributed by atoms with Gasteiger partial charge in [0.05, 0.1) is 23.8 Å². The summed E-state index contributed by atoms with van der Waals surface area (Å²) in [4.78, 5) is 14.6. The molecule has 2 aromatic carbocycles. The Hall–Kier alpha value is -2.68. The number of carbonyl (C=O) groups excluding carboxylic acids is 1. The van der Waals surface area contributed by atoms with Gasteiger partial charge < -0.3 is 15.0 Å². The summed E-state index contributed by atoms with van der Waals surface area (Å²) in [6.07, 6.45) is 0.145. The van der Waals surface area contributed by atoms with Crippen LogP contribution in [0.25, 0.3) is 0 Å². The number of morpholine rings is 1. The molecule has 1 heterocycles. The van der Waals surface area contributed by atoms with Crippen molar-refractivity contribution < 1.29 is 9.53 Å². The highest BCUT2D eigenvalue weighted by Gasteiger charge is 2.26. The van der Waals surface area contributed by atoms with Crippen molar-refractivity contribution in [1.29, 1.82) is 5.26 Å². The molecule has 0 aromatic heterocycles. The fraction of sp³-hybridized carbons (Fsp3) is 0.364. The molecule has 1 saturated heterocycles. The second kappa shape index (κ2) is 8.81. The molecule has 1 fully saturated rings. The van der Waals surface area contributed by atoms with E-state index in [0.717, 1.165) is 24.2 Å². The third-order valence-corrected chi connectivity index (χ3v) is 4.65. The van der Waals surface area contributed by atoms with Crippen LogP contribution in [0, 0.1) is 11.3 Å². The Balaban J connectivity index is 1.52. The van der Waals surface area contributed by atoms with Crippen molar-refractivity contribution in [3.63, 3.8) is 0 Å². The zero-order valence-corrected chi connectivity index (χ0v) is 15.8. The first-order chi connectivity index (χ1) is 13.0. The van der Waals surface area contributed by atoms with Crippen LogP contribution in [0.2, 0.25) is 0 Å². The molecule has 0 radical (unpaired) electrons. The summed E-state index contributed by atoms with van der Waals surface area (Å²) in [7, 11) is 0. The van der Waals surface area contributed by atoms with E-state index in [1.807, 2.05) is 67.3 Å². The Bertz CT molecular complexity index is 799. The molecule has 0 unspecified atom stereocenters. The Morgan fingerprint density at radius 1 is 1.04 bits per heavy atom. The van der Waals surface area contributed by atoms with Crippen molar-refractivity contribution in [3.8, 4) is 6.07 Å². The van der Waals surface area contributed by atoms with Crippen molar-refractivity contribution in [2.75, 3.05) is 13.1 Å². The van der Waals surface area contributed by atoms with Crippen molar-refractivity contribution in [1.82, 2.24) is 10.2 Å². The van der Waals surface area contributed by atoms with Crippen LogP contribution in [0.1, 0.15) is 40.9 Å². The van der Waals surface area contributed by atoms with Gasteiger partial charge in [-0.05, 0) is 49.2 Å². The SMILES string of the molecule is C[C@@H]1CN(C(=O)c2ccc(CNCc3ccc(C#N)cc3)cc2)C[C@@H](C)O1. The number of benzene rings is 2. The summed E-state index contributed by atoms with van der Waals surface area (Å²) >= 11 is 0. The minimum atomic E-state index is 0.0640. The van der Waals surface area contributed by atoms with Gasteiger partial charge >= 0.3 is 0 Å². The van der Waals surface area contributed by atoms with E-state index in [1.165, 1.54) is 0 Å². The number of rotatable bonds is 5. The minimum absolute atomic E-state index is 0.0640. The second-order valence-electron chi connectivity index (χ2n) is 7.08. The molecule has 1 aliphatic rings. The van der Waals surface area contributed by atoms with Crippen LogP contribution in [0.15, 0.2) is 48.5 Å². The lowest BCUT2D eigenvalue weighted by atomic mass is 10.1. The van der Waals surface area contributed by atoms with Crippen LogP contribution in [-0.2, 0) is 17.8 Å². The predicted molar refractivity (Wildman–Crippen MR) is 104 cm³/mol. The van der Waals surface area contributed by atoms with Gasteiger partial charge in [-0.1, -0.05) is 24.3 Å². The maximum absolute atomic E-state index is 12.7. The van der Waals surface area contributed by atoms with E-state index < -0.39 is 0 Å². The zero-order valence-electron chi connectivity index (χ0n) is 15.8. The molecule has 1 N–H and O–H groups in total. The number of ether oxygens (including phenoxy) is 1. The molecule has 140 valence electrons. The van der Waals surface area contributed by atoms with Gasteiger partial charge in [0, 0.05) is 31.7 Å². The molecular weight excluding hydrogens is 338 g/mol. The summed E-state index contributed by atoms with van der Waals surface area (Å²) in [5, 5.41) is 12.2. The van der Waals surface area contributed by atoms with E-state index in [2.05, 4.69) is 11.4 Å². The van der Waals surface area contributed by atoms with Gasteiger partial charge in [0.1, 0.15) is 0 Å². The molecule has 5 nitrogen and oxygen atoms in total. The van der Waals surface area contributed by atoms with E-state index in [4.69, 9.17) is 10.00 Å². The second-order valence-corrected chi connectivity index (χ2v) is 7.08. The van der Waals surface area contributed by atoms with E-state index in [-0.39, 0.29) is 18.1 Å². The third kappa shape index (κ3) is 5.16. The normalized spacial score (nSPS) is 19.5. The predicted octanol–water partition coefficient (Wildman–Crippen LogP) is 3.10.